The molecule has 0 bridgehead atoms. The third kappa shape index (κ3) is 7.57. The van der Waals surface area contributed by atoms with Crippen LogP contribution in [0.25, 0.3) is 17.1 Å². The third-order valence-electron chi connectivity index (χ3n) is 5.84. The molecule has 0 aliphatic heterocycles. The van der Waals surface area contributed by atoms with Gasteiger partial charge in [-0.15, -0.1) is 0 Å². The van der Waals surface area contributed by atoms with E-state index in [2.05, 4.69) is 20.4 Å². The van der Waals surface area contributed by atoms with Crippen LogP contribution in [0.1, 0.15) is 52.9 Å². The molecule has 0 atom stereocenters. The molecule has 0 unspecified atom stereocenters. The van der Waals surface area contributed by atoms with Crippen LogP contribution in [0.3, 0.4) is 0 Å². The SMILES string of the molecule is Cc1cc(C(=O)O)ccc1-n1cc(NC(=O)c2coc(-c3ccnc(N(CC(F)(F)F)C(=O)OC(C)(C)C)c3)n2)c(CO)n1. The third-order valence-corrected chi connectivity index (χ3v) is 5.84. The van der Waals surface area contributed by atoms with E-state index in [1.165, 1.54) is 55.9 Å². The number of anilines is 2. The number of ether oxygens (including phenoxy) is 1. The van der Waals surface area contributed by atoms with Gasteiger partial charge in [0, 0.05) is 11.8 Å². The van der Waals surface area contributed by atoms with E-state index in [-0.39, 0.29) is 39.9 Å². The first-order valence-electron chi connectivity index (χ1n) is 12.9. The predicted octanol–water partition coefficient (Wildman–Crippen LogP) is 4.98. The summed E-state index contributed by atoms with van der Waals surface area (Å²) in [4.78, 5) is 45.1. The summed E-state index contributed by atoms with van der Waals surface area (Å²) < 4.78 is 51.8. The number of aromatic carboxylic acids is 1. The Hall–Kier alpha value is -5.25. The smallest absolute Gasteiger partial charge is 0.416 e. The minimum atomic E-state index is -4.76. The fraction of sp³-hybridized carbons (Fsp3) is 0.286. The van der Waals surface area contributed by atoms with Crippen molar-refractivity contribution in [3.63, 3.8) is 0 Å². The second-order valence-corrected chi connectivity index (χ2v) is 10.5. The van der Waals surface area contributed by atoms with Gasteiger partial charge in [-0.25, -0.2) is 24.2 Å². The van der Waals surface area contributed by atoms with Crippen molar-refractivity contribution in [3.8, 4) is 17.1 Å². The Kier molecular flexibility index (Phi) is 8.76. The highest BCUT2D eigenvalue weighted by molar-refractivity contribution is 6.03. The molecule has 0 aliphatic carbocycles. The van der Waals surface area contributed by atoms with Gasteiger partial charge in [0.25, 0.3) is 5.91 Å². The van der Waals surface area contributed by atoms with Crippen LogP contribution in [-0.4, -0.2) is 66.3 Å². The van der Waals surface area contributed by atoms with E-state index in [4.69, 9.17) is 9.15 Å². The summed E-state index contributed by atoms with van der Waals surface area (Å²) in [6.45, 7) is 4.00. The Morgan fingerprint density at radius 2 is 1.86 bits per heavy atom. The number of nitrogens with zero attached hydrogens (tertiary/aromatic N) is 5. The number of hydrogen-bond donors (Lipinski definition) is 3. The number of hydrogen-bond acceptors (Lipinski definition) is 9. The summed E-state index contributed by atoms with van der Waals surface area (Å²) in [6.07, 6.45) is -2.43. The number of aryl methyl sites for hydroxylation is 1. The predicted molar refractivity (Wildman–Crippen MR) is 149 cm³/mol. The largest absolute Gasteiger partial charge is 0.478 e. The number of aromatic nitrogens is 4. The van der Waals surface area contributed by atoms with Gasteiger partial charge in [0.1, 0.15) is 29.9 Å². The fourth-order valence-corrected chi connectivity index (χ4v) is 3.93. The van der Waals surface area contributed by atoms with Crippen molar-refractivity contribution in [2.45, 2.75) is 46.1 Å². The van der Waals surface area contributed by atoms with Crippen molar-refractivity contribution >= 4 is 29.5 Å². The maximum atomic E-state index is 13.3. The van der Waals surface area contributed by atoms with E-state index >= 15 is 0 Å². The van der Waals surface area contributed by atoms with Crippen molar-refractivity contribution in [2.75, 3.05) is 16.8 Å². The van der Waals surface area contributed by atoms with Gasteiger partial charge in [-0.3, -0.25) is 9.69 Å². The molecule has 3 N–H and O–H groups in total. The first-order chi connectivity index (χ1) is 20.5. The summed E-state index contributed by atoms with van der Waals surface area (Å²) in [7, 11) is 0. The van der Waals surface area contributed by atoms with Crippen LogP contribution in [0.5, 0.6) is 0 Å². The monoisotopic (exact) mass is 616 g/mol. The second-order valence-electron chi connectivity index (χ2n) is 10.5. The number of benzene rings is 1. The van der Waals surface area contributed by atoms with Gasteiger partial charge in [0.2, 0.25) is 5.89 Å². The van der Waals surface area contributed by atoms with Crippen molar-refractivity contribution in [2.24, 2.45) is 0 Å². The molecule has 0 spiro atoms. The van der Waals surface area contributed by atoms with Crippen LogP contribution in [0.4, 0.5) is 29.5 Å². The molecular formula is C28H27F3N6O7. The molecule has 232 valence electrons. The highest BCUT2D eigenvalue weighted by Crippen LogP contribution is 2.28. The molecule has 4 aromatic rings. The van der Waals surface area contributed by atoms with E-state index in [0.29, 0.717) is 16.2 Å². The van der Waals surface area contributed by atoms with Crippen LogP contribution in [0.2, 0.25) is 0 Å². The summed E-state index contributed by atoms with van der Waals surface area (Å²) in [6, 6.07) is 6.87. The maximum absolute atomic E-state index is 13.3. The first kappa shape index (κ1) is 31.7. The molecule has 0 saturated carbocycles. The van der Waals surface area contributed by atoms with E-state index in [1.54, 1.807) is 6.92 Å². The quantitative estimate of drug-likeness (QED) is 0.245. The molecule has 13 nitrogen and oxygen atoms in total. The van der Waals surface area contributed by atoms with E-state index in [0.717, 1.165) is 18.5 Å². The number of aliphatic hydroxyl groups is 1. The number of alkyl halides is 3. The number of carbonyl (C=O) groups is 3. The standard InChI is InChI=1S/C28H27F3N6O7/c1-15-9-17(25(40)41)5-6-21(15)37-11-18(19(12-38)35-37)33-23(39)20-13-43-24(34-20)16-7-8-32-22(10-16)36(14-28(29,30)31)26(42)44-27(2,3)4/h5-11,13,38H,12,14H2,1-4H3,(H,33,39)(H,40,41). The van der Waals surface area contributed by atoms with Crippen LogP contribution >= 0.6 is 0 Å². The summed E-state index contributed by atoms with van der Waals surface area (Å²) >= 11 is 0. The maximum Gasteiger partial charge on any atom is 0.416 e. The normalized spacial score (nSPS) is 11.7. The lowest BCUT2D eigenvalue weighted by atomic mass is 10.1. The number of oxazole rings is 1. The molecule has 4 rings (SSSR count). The lowest BCUT2D eigenvalue weighted by molar-refractivity contribution is -0.119. The molecule has 0 fully saturated rings. The second kappa shape index (κ2) is 12.2. The van der Waals surface area contributed by atoms with E-state index < -0.39 is 42.9 Å². The van der Waals surface area contributed by atoms with Gasteiger partial charge in [-0.1, -0.05) is 0 Å². The Labute approximate surface area is 247 Å². The lowest BCUT2D eigenvalue weighted by Crippen LogP contribution is -2.42. The van der Waals surface area contributed by atoms with Gasteiger partial charge in [0.15, 0.2) is 5.69 Å². The number of amides is 2. The van der Waals surface area contributed by atoms with Crippen molar-refractivity contribution in [1.29, 1.82) is 0 Å². The zero-order valence-corrected chi connectivity index (χ0v) is 23.8. The fourth-order valence-electron chi connectivity index (χ4n) is 3.93. The molecule has 0 radical (unpaired) electrons. The Balaban J connectivity index is 1.57. The average Bonchev–Trinajstić information content (AvgIpc) is 3.58. The number of carbonyl (C=O) groups excluding carboxylic acids is 2. The molecule has 16 heteroatoms. The zero-order valence-electron chi connectivity index (χ0n) is 23.8. The van der Waals surface area contributed by atoms with Crippen molar-refractivity contribution in [3.05, 3.63) is 71.5 Å². The van der Waals surface area contributed by atoms with Crippen LogP contribution in [-0.2, 0) is 11.3 Å². The average molecular weight is 617 g/mol. The molecule has 0 saturated heterocycles. The number of aliphatic hydroxyl groups excluding tert-OH is 1. The first-order valence-corrected chi connectivity index (χ1v) is 12.9. The van der Waals surface area contributed by atoms with E-state index in [9.17, 15) is 37.8 Å². The molecule has 44 heavy (non-hydrogen) atoms. The van der Waals surface area contributed by atoms with Crippen LogP contribution < -0.4 is 10.2 Å². The topological polar surface area (TPSA) is 173 Å². The number of carboxylic acid groups (broad SMARTS) is 1. The lowest BCUT2D eigenvalue weighted by Gasteiger charge is -2.27. The Bertz CT molecular complexity index is 1710. The van der Waals surface area contributed by atoms with Gasteiger partial charge >= 0.3 is 18.2 Å². The van der Waals surface area contributed by atoms with E-state index in [1.807, 2.05) is 0 Å². The number of rotatable bonds is 8. The van der Waals surface area contributed by atoms with Crippen LogP contribution in [0, 0.1) is 6.92 Å². The summed E-state index contributed by atoms with van der Waals surface area (Å²) in [5, 5.41) is 25.8. The van der Waals surface area contributed by atoms with Crippen LogP contribution in [0.15, 0.2) is 53.4 Å². The molecule has 3 aromatic heterocycles. The van der Waals surface area contributed by atoms with Crippen molar-refractivity contribution in [1.82, 2.24) is 19.7 Å². The number of halogens is 3. The Morgan fingerprint density at radius 3 is 2.48 bits per heavy atom. The highest BCUT2D eigenvalue weighted by Gasteiger charge is 2.36. The van der Waals surface area contributed by atoms with Gasteiger partial charge < -0.3 is 24.7 Å². The molecular weight excluding hydrogens is 589 g/mol. The highest BCUT2D eigenvalue weighted by atomic mass is 19.4. The van der Waals surface area contributed by atoms with Gasteiger partial charge in [-0.05, 0) is 63.6 Å². The minimum Gasteiger partial charge on any atom is -0.478 e. The zero-order chi connectivity index (χ0) is 32.4. The summed E-state index contributed by atoms with van der Waals surface area (Å²) in [5.74, 6) is -2.39. The van der Waals surface area contributed by atoms with Gasteiger partial charge in [0.05, 0.1) is 29.7 Å². The minimum absolute atomic E-state index is 0.0790. The molecule has 1 aromatic carbocycles. The molecule has 0 aliphatic rings. The Morgan fingerprint density at radius 1 is 1.14 bits per heavy atom. The number of carboxylic acids is 1. The van der Waals surface area contributed by atoms with Crippen molar-refractivity contribution < 1.29 is 46.9 Å². The summed E-state index contributed by atoms with van der Waals surface area (Å²) in [5.41, 5.74) is 0.242. The number of pyridine rings is 1. The number of nitrogens with one attached hydrogen (secondary N) is 1. The molecule has 3 heterocycles. The molecule has 2 amide bonds. The van der Waals surface area contributed by atoms with Gasteiger partial charge in [-0.2, -0.15) is 18.3 Å².